The largest absolute Gasteiger partial charge is 0.494 e. The van der Waals surface area contributed by atoms with Gasteiger partial charge in [-0.3, -0.25) is 4.79 Å². The molecule has 0 aliphatic carbocycles. The van der Waals surface area contributed by atoms with Gasteiger partial charge in [0.2, 0.25) is 6.29 Å². The summed E-state index contributed by atoms with van der Waals surface area (Å²) in [4.78, 5) is 10.6. The monoisotopic (exact) mass is 381 g/mol. The van der Waals surface area contributed by atoms with E-state index in [1.54, 1.807) is 24.3 Å². The molecule has 0 amide bonds. The number of hydrogen-bond acceptors (Lipinski definition) is 3. The molecular weight excluding hydrogens is 348 g/mol. The van der Waals surface area contributed by atoms with Crippen molar-refractivity contribution >= 4 is 6.29 Å². The van der Waals surface area contributed by atoms with Gasteiger partial charge in [0.25, 0.3) is 0 Å². The molecule has 2 aromatic carbocycles. The maximum Gasteiger partial charge on any atom is 0.233 e. The van der Waals surface area contributed by atoms with Crippen molar-refractivity contribution in [2.45, 2.75) is 71.1 Å². The van der Waals surface area contributed by atoms with Crippen LogP contribution >= 0.6 is 0 Å². The molecule has 28 heavy (non-hydrogen) atoms. The fourth-order valence-corrected chi connectivity index (χ4v) is 3.11. The third-order valence-corrected chi connectivity index (χ3v) is 4.80. The van der Waals surface area contributed by atoms with Crippen molar-refractivity contribution in [3.05, 3.63) is 54.1 Å². The van der Waals surface area contributed by atoms with Crippen LogP contribution in [0.25, 0.3) is 0 Å². The predicted octanol–water partition coefficient (Wildman–Crippen LogP) is 7.24. The van der Waals surface area contributed by atoms with Crippen LogP contribution in [0.1, 0.15) is 76.7 Å². The summed E-state index contributed by atoms with van der Waals surface area (Å²) in [6.07, 6.45) is 15.1. The van der Waals surface area contributed by atoms with Crippen LogP contribution in [0.2, 0.25) is 0 Å². The number of carbonyl (C=O) groups excluding carboxylic acids is 1. The van der Waals surface area contributed by atoms with Gasteiger partial charge in [0.05, 0.1) is 6.61 Å². The van der Waals surface area contributed by atoms with Crippen molar-refractivity contribution in [1.29, 1.82) is 0 Å². The Morgan fingerprint density at radius 3 is 1.64 bits per heavy atom. The molecule has 0 aliphatic heterocycles. The molecule has 3 heteroatoms. The van der Waals surface area contributed by atoms with Gasteiger partial charge in [-0.2, -0.15) is 0 Å². The summed E-state index contributed by atoms with van der Waals surface area (Å²) in [5.41, 5.74) is 0.517. The summed E-state index contributed by atoms with van der Waals surface area (Å²) in [5.74, 6) is 2.31. The molecule has 151 valence electrons. The second-order valence-electron chi connectivity index (χ2n) is 7.23. The van der Waals surface area contributed by atoms with Crippen LogP contribution in [0.4, 0.5) is 0 Å². The molecule has 3 nitrogen and oxygen atoms in total. The Balaban J connectivity index is 1.54. The lowest BCUT2D eigenvalue weighted by molar-refractivity contribution is 0.304. The lowest BCUT2D eigenvalue weighted by Gasteiger charge is -2.09. The number of benzene rings is 2. The molecule has 0 N–H and O–H groups in total. The molecular formula is C25H33O3. The molecule has 0 aliphatic rings. The van der Waals surface area contributed by atoms with E-state index < -0.39 is 0 Å². The minimum absolute atomic E-state index is 0.517. The van der Waals surface area contributed by atoms with Crippen LogP contribution in [-0.2, 0) is 4.79 Å². The average molecular weight is 382 g/mol. The summed E-state index contributed by atoms with van der Waals surface area (Å²) >= 11 is 0. The van der Waals surface area contributed by atoms with E-state index in [0.717, 1.165) is 24.5 Å². The quantitative estimate of drug-likeness (QED) is 0.305. The average Bonchev–Trinajstić information content (AvgIpc) is 2.74. The second kappa shape index (κ2) is 13.8. The first-order valence-corrected chi connectivity index (χ1v) is 10.7. The maximum absolute atomic E-state index is 10.6. The number of unbranched alkanes of at least 4 members (excludes halogenated alkanes) is 9. The molecule has 0 aromatic heterocycles. The molecule has 0 unspecified atom stereocenters. The first-order valence-electron chi connectivity index (χ1n) is 10.7. The van der Waals surface area contributed by atoms with Gasteiger partial charge in [-0.15, -0.1) is 0 Å². The highest BCUT2D eigenvalue weighted by Gasteiger charge is 2.00. The van der Waals surface area contributed by atoms with Gasteiger partial charge in [-0.25, -0.2) is 0 Å². The van der Waals surface area contributed by atoms with Crippen LogP contribution in [0.5, 0.6) is 17.2 Å². The number of hydrogen-bond donors (Lipinski definition) is 0. The zero-order valence-corrected chi connectivity index (χ0v) is 17.1. The van der Waals surface area contributed by atoms with Crippen molar-refractivity contribution in [2.75, 3.05) is 6.61 Å². The highest BCUT2D eigenvalue weighted by atomic mass is 16.5. The topological polar surface area (TPSA) is 35.5 Å². The minimum atomic E-state index is 0.517. The normalized spacial score (nSPS) is 10.6. The highest BCUT2D eigenvalue weighted by Crippen LogP contribution is 2.24. The summed E-state index contributed by atoms with van der Waals surface area (Å²) in [7, 11) is 0. The molecule has 0 bridgehead atoms. The van der Waals surface area contributed by atoms with Crippen molar-refractivity contribution in [3.63, 3.8) is 0 Å². The first kappa shape index (κ1) is 22.0. The van der Waals surface area contributed by atoms with Gasteiger partial charge in [0.15, 0.2) is 0 Å². The molecule has 0 spiro atoms. The van der Waals surface area contributed by atoms with Crippen LogP contribution in [0.3, 0.4) is 0 Å². The Hall–Kier alpha value is -2.29. The Morgan fingerprint density at radius 1 is 0.643 bits per heavy atom. The van der Waals surface area contributed by atoms with Gasteiger partial charge in [0.1, 0.15) is 17.2 Å². The van der Waals surface area contributed by atoms with E-state index in [1.807, 2.05) is 30.6 Å². The summed E-state index contributed by atoms with van der Waals surface area (Å²) < 4.78 is 11.6. The molecule has 2 rings (SSSR count). The molecule has 0 saturated heterocycles. The highest BCUT2D eigenvalue weighted by molar-refractivity contribution is 5.75. The van der Waals surface area contributed by atoms with Gasteiger partial charge >= 0.3 is 0 Å². The fraction of sp³-hybridized carbons (Fsp3) is 0.480. The fourth-order valence-electron chi connectivity index (χ4n) is 3.11. The van der Waals surface area contributed by atoms with E-state index in [-0.39, 0.29) is 0 Å². The van der Waals surface area contributed by atoms with Gasteiger partial charge in [0, 0.05) is 5.56 Å². The van der Waals surface area contributed by atoms with Gasteiger partial charge < -0.3 is 9.47 Å². The van der Waals surface area contributed by atoms with E-state index in [2.05, 4.69) is 6.92 Å². The van der Waals surface area contributed by atoms with E-state index in [4.69, 9.17) is 9.47 Å². The zero-order valence-electron chi connectivity index (χ0n) is 17.1. The molecule has 2 aromatic rings. The minimum Gasteiger partial charge on any atom is -0.494 e. The number of ether oxygens (including phenoxy) is 2. The molecule has 0 heterocycles. The Bertz CT molecular complexity index is 646. The van der Waals surface area contributed by atoms with Gasteiger partial charge in [-0.1, -0.05) is 64.7 Å². The SMILES string of the molecule is CCCCCCCCCCCCOc1ccc(Oc2ccc([C]=O)cc2)cc1. The molecule has 0 atom stereocenters. The van der Waals surface area contributed by atoms with Gasteiger partial charge in [-0.05, 0) is 55.0 Å². The lowest BCUT2D eigenvalue weighted by atomic mass is 10.1. The zero-order chi connectivity index (χ0) is 19.9. The van der Waals surface area contributed by atoms with E-state index >= 15 is 0 Å². The van der Waals surface area contributed by atoms with Crippen molar-refractivity contribution in [2.24, 2.45) is 0 Å². The first-order chi connectivity index (χ1) is 13.8. The predicted molar refractivity (Wildman–Crippen MR) is 115 cm³/mol. The van der Waals surface area contributed by atoms with E-state index in [9.17, 15) is 4.79 Å². The van der Waals surface area contributed by atoms with Crippen LogP contribution in [0, 0.1) is 0 Å². The smallest absolute Gasteiger partial charge is 0.233 e. The van der Waals surface area contributed by atoms with E-state index in [0.29, 0.717) is 11.3 Å². The van der Waals surface area contributed by atoms with Crippen LogP contribution in [0.15, 0.2) is 48.5 Å². The molecule has 0 saturated carbocycles. The standard InChI is InChI=1S/C25H33O3/c1-2-3-4-5-6-7-8-9-10-11-20-27-23-16-18-25(19-17-23)28-24-14-12-22(21-26)13-15-24/h12-19H,2-11,20H2,1H3. The summed E-state index contributed by atoms with van der Waals surface area (Å²) in [6.45, 7) is 3.03. The third kappa shape index (κ3) is 9.07. The van der Waals surface area contributed by atoms with E-state index in [1.165, 1.54) is 57.8 Å². The Kier molecular flexibility index (Phi) is 10.9. The summed E-state index contributed by atoms with van der Waals surface area (Å²) in [6, 6.07) is 14.5. The Labute approximate surface area is 170 Å². The maximum atomic E-state index is 10.6. The van der Waals surface area contributed by atoms with Crippen molar-refractivity contribution in [3.8, 4) is 17.2 Å². The second-order valence-corrected chi connectivity index (χ2v) is 7.23. The molecule has 0 fully saturated rings. The van der Waals surface area contributed by atoms with Crippen molar-refractivity contribution < 1.29 is 14.3 Å². The third-order valence-electron chi connectivity index (χ3n) is 4.80. The Morgan fingerprint density at radius 2 is 1.11 bits per heavy atom. The van der Waals surface area contributed by atoms with Crippen LogP contribution < -0.4 is 9.47 Å². The summed E-state index contributed by atoms with van der Waals surface area (Å²) in [5, 5.41) is 0. The lowest BCUT2D eigenvalue weighted by Crippen LogP contribution is -1.97. The van der Waals surface area contributed by atoms with Crippen LogP contribution in [-0.4, -0.2) is 12.9 Å². The molecule has 1 radical (unpaired) electrons. The van der Waals surface area contributed by atoms with Crippen molar-refractivity contribution in [1.82, 2.24) is 0 Å². The number of rotatable bonds is 15.